The number of amides is 3. The van der Waals surface area contributed by atoms with Crippen LogP contribution in [0, 0.1) is 11.8 Å². The summed E-state index contributed by atoms with van der Waals surface area (Å²) in [7, 11) is 0. The largest absolute Gasteiger partial charge is 0.480 e. The third-order valence-electron chi connectivity index (χ3n) is 4.89. The molecule has 0 radical (unpaired) electrons. The van der Waals surface area contributed by atoms with E-state index in [0.717, 1.165) is 0 Å². The van der Waals surface area contributed by atoms with E-state index >= 15 is 0 Å². The normalized spacial score (nSPS) is 14.9. The minimum atomic E-state index is -1.13. The number of imidazole rings is 1. The zero-order valence-electron chi connectivity index (χ0n) is 18.5. The molecule has 0 aliphatic rings. The Morgan fingerprint density at radius 1 is 1.16 bits per heavy atom. The molecule has 0 aliphatic heterocycles. The fourth-order valence-electron chi connectivity index (χ4n) is 2.91. The van der Waals surface area contributed by atoms with Crippen molar-refractivity contribution in [3.8, 4) is 0 Å². The van der Waals surface area contributed by atoms with Gasteiger partial charge in [0.05, 0.1) is 18.9 Å². The summed E-state index contributed by atoms with van der Waals surface area (Å²) in [5.74, 6) is -2.96. The Labute approximate surface area is 181 Å². The maximum Gasteiger partial charge on any atom is 0.326 e. The standard InChI is InChI=1S/C20H34N6O5/c1-5-12(4)17(20(30)31)26-16(27)9-23-19(29)15(6-11(2)3)25-18(28)14(21)7-13-8-22-10-24-13/h8,10-12,14-15,17H,5-7,9,21H2,1-4H3,(H,22,24)(H,23,29)(H,25,28)(H,26,27)(H,30,31). The molecule has 0 saturated carbocycles. The lowest BCUT2D eigenvalue weighted by molar-refractivity contribution is -0.143. The number of H-pyrrole nitrogens is 1. The van der Waals surface area contributed by atoms with E-state index in [1.807, 2.05) is 20.8 Å². The van der Waals surface area contributed by atoms with Gasteiger partial charge in [0.1, 0.15) is 12.1 Å². The fourth-order valence-corrected chi connectivity index (χ4v) is 2.91. The first kappa shape index (κ1) is 26.1. The van der Waals surface area contributed by atoms with E-state index in [4.69, 9.17) is 5.73 Å². The number of hydrogen-bond donors (Lipinski definition) is 6. The molecule has 0 fully saturated rings. The van der Waals surface area contributed by atoms with Crippen molar-refractivity contribution in [1.82, 2.24) is 25.9 Å². The SMILES string of the molecule is CCC(C)C(NC(=O)CNC(=O)C(CC(C)C)NC(=O)C(N)Cc1cnc[nH]1)C(=O)O. The van der Waals surface area contributed by atoms with E-state index in [0.29, 0.717) is 18.5 Å². The molecule has 0 aromatic carbocycles. The highest BCUT2D eigenvalue weighted by molar-refractivity contribution is 5.92. The monoisotopic (exact) mass is 438 g/mol. The van der Waals surface area contributed by atoms with Crippen LogP contribution in [0.25, 0.3) is 0 Å². The molecule has 4 unspecified atom stereocenters. The lowest BCUT2D eigenvalue weighted by Gasteiger charge is -2.23. The van der Waals surface area contributed by atoms with Crippen LogP contribution in [0.4, 0.5) is 0 Å². The Morgan fingerprint density at radius 2 is 1.84 bits per heavy atom. The molecule has 7 N–H and O–H groups in total. The number of nitrogens with zero attached hydrogens (tertiary/aromatic N) is 1. The van der Waals surface area contributed by atoms with E-state index in [1.165, 1.54) is 6.33 Å². The number of rotatable bonds is 13. The highest BCUT2D eigenvalue weighted by atomic mass is 16.4. The Balaban J connectivity index is 2.65. The van der Waals surface area contributed by atoms with E-state index < -0.39 is 48.4 Å². The summed E-state index contributed by atoms with van der Waals surface area (Å²) in [6.45, 7) is 6.94. The summed E-state index contributed by atoms with van der Waals surface area (Å²) in [4.78, 5) is 55.2. The molecule has 11 heteroatoms. The summed E-state index contributed by atoms with van der Waals surface area (Å²) in [6, 6.07) is -2.79. The van der Waals surface area contributed by atoms with Gasteiger partial charge >= 0.3 is 5.97 Å². The number of nitrogens with one attached hydrogen (secondary N) is 4. The smallest absolute Gasteiger partial charge is 0.326 e. The van der Waals surface area contributed by atoms with Gasteiger partial charge in [0, 0.05) is 18.3 Å². The van der Waals surface area contributed by atoms with Gasteiger partial charge in [-0.05, 0) is 18.3 Å². The van der Waals surface area contributed by atoms with Crippen LogP contribution < -0.4 is 21.7 Å². The Hall–Kier alpha value is -2.95. The summed E-state index contributed by atoms with van der Waals surface area (Å²) < 4.78 is 0. The molecule has 3 amide bonds. The minimum absolute atomic E-state index is 0.0931. The number of aromatic amines is 1. The van der Waals surface area contributed by atoms with Crippen LogP contribution in [0.3, 0.4) is 0 Å². The second-order valence-corrected chi connectivity index (χ2v) is 8.06. The molecule has 1 aromatic heterocycles. The second-order valence-electron chi connectivity index (χ2n) is 8.06. The summed E-state index contributed by atoms with van der Waals surface area (Å²) in [6.07, 6.45) is 4.20. The molecule has 0 aliphatic carbocycles. The van der Waals surface area contributed by atoms with Crippen molar-refractivity contribution in [3.63, 3.8) is 0 Å². The molecule has 0 spiro atoms. The van der Waals surface area contributed by atoms with Crippen LogP contribution in [0.1, 0.15) is 46.2 Å². The van der Waals surface area contributed by atoms with Crippen LogP contribution in [0.2, 0.25) is 0 Å². The number of nitrogens with two attached hydrogens (primary N) is 1. The first-order valence-corrected chi connectivity index (χ1v) is 10.4. The van der Waals surface area contributed by atoms with E-state index in [-0.39, 0.29) is 18.3 Å². The molecule has 31 heavy (non-hydrogen) atoms. The quantitative estimate of drug-likeness (QED) is 0.241. The highest BCUT2D eigenvalue weighted by Crippen LogP contribution is 2.08. The van der Waals surface area contributed by atoms with E-state index in [2.05, 4.69) is 25.9 Å². The molecule has 0 saturated heterocycles. The van der Waals surface area contributed by atoms with Crippen LogP contribution in [0.5, 0.6) is 0 Å². The predicted molar refractivity (Wildman–Crippen MR) is 114 cm³/mol. The molecule has 1 heterocycles. The molecular weight excluding hydrogens is 404 g/mol. The number of carbonyl (C=O) groups excluding carboxylic acids is 3. The van der Waals surface area contributed by atoms with Crippen molar-refractivity contribution >= 4 is 23.7 Å². The Kier molecular flexibility index (Phi) is 10.7. The topological polar surface area (TPSA) is 179 Å². The van der Waals surface area contributed by atoms with Gasteiger partial charge in [0.2, 0.25) is 17.7 Å². The molecule has 174 valence electrons. The first-order valence-electron chi connectivity index (χ1n) is 10.4. The lowest BCUT2D eigenvalue weighted by Crippen LogP contribution is -2.54. The van der Waals surface area contributed by atoms with Gasteiger partial charge in [0.15, 0.2) is 0 Å². The second kappa shape index (κ2) is 12.7. The average Bonchev–Trinajstić information content (AvgIpc) is 3.21. The van der Waals surface area contributed by atoms with E-state index in [9.17, 15) is 24.3 Å². The highest BCUT2D eigenvalue weighted by Gasteiger charge is 2.27. The van der Waals surface area contributed by atoms with Gasteiger partial charge in [-0.2, -0.15) is 0 Å². The molecule has 1 rings (SSSR count). The molecule has 4 atom stereocenters. The number of aromatic nitrogens is 2. The van der Waals surface area contributed by atoms with Crippen LogP contribution in [-0.4, -0.2) is 63.4 Å². The van der Waals surface area contributed by atoms with Gasteiger partial charge in [0.25, 0.3) is 0 Å². The van der Waals surface area contributed by atoms with Gasteiger partial charge in [-0.15, -0.1) is 0 Å². The van der Waals surface area contributed by atoms with Gasteiger partial charge in [-0.1, -0.05) is 34.1 Å². The first-order chi connectivity index (χ1) is 14.5. The van der Waals surface area contributed by atoms with Gasteiger partial charge in [-0.25, -0.2) is 9.78 Å². The zero-order chi connectivity index (χ0) is 23.6. The molecular formula is C20H34N6O5. The summed E-state index contributed by atoms with van der Waals surface area (Å²) in [5, 5.41) is 16.8. The van der Waals surface area contributed by atoms with Gasteiger partial charge in [-0.3, -0.25) is 14.4 Å². The fraction of sp³-hybridized carbons (Fsp3) is 0.650. The number of aliphatic carboxylic acids is 1. The van der Waals surface area contributed by atoms with Crippen molar-refractivity contribution < 1.29 is 24.3 Å². The number of hydrogen-bond acceptors (Lipinski definition) is 6. The van der Waals surface area contributed by atoms with Gasteiger partial charge < -0.3 is 31.8 Å². The third-order valence-corrected chi connectivity index (χ3v) is 4.89. The van der Waals surface area contributed by atoms with Crippen LogP contribution >= 0.6 is 0 Å². The number of carboxylic acids is 1. The van der Waals surface area contributed by atoms with Crippen molar-refractivity contribution in [2.24, 2.45) is 17.6 Å². The average molecular weight is 439 g/mol. The van der Waals surface area contributed by atoms with Crippen molar-refractivity contribution in [2.75, 3.05) is 6.54 Å². The Morgan fingerprint density at radius 3 is 2.35 bits per heavy atom. The molecule has 0 bridgehead atoms. The summed E-state index contributed by atoms with van der Waals surface area (Å²) >= 11 is 0. The molecule has 11 nitrogen and oxygen atoms in total. The number of carbonyl (C=O) groups is 4. The van der Waals surface area contributed by atoms with E-state index in [1.54, 1.807) is 13.1 Å². The van der Waals surface area contributed by atoms with Crippen LogP contribution in [0.15, 0.2) is 12.5 Å². The maximum atomic E-state index is 12.6. The minimum Gasteiger partial charge on any atom is -0.480 e. The van der Waals surface area contributed by atoms with Crippen molar-refractivity contribution in [1.29, 1.82) is 0 Å². The van der Waals surface area contributed by atoms with Crippen molar-refractivity contribution in [3.05, 3.63) is 18.2 Å². The lowest BCUT2D eigenvalue weighted by atomic mass is 9.99. The van der Waals surface area contributed by atoms with Crippen LogP contribution in [-0.2, 0) is 25.6 Å². The maximum absolute atomic E-state index is 12.6. The van der Waals surface area contributed by atoms with Crippen molar-refractivity contribution in [2.45, 2.75) is 65.1 Å². The third kappa shape index (κ3) is 9.16. The Bertz CT molecular complexity index is 736. The predicted octanol–water partition coefficient (Wildman–Crippen LogP) is -0.458. The molecule has 1 aromatic rings. The summed E-state index contributed by atoms with van der Waals surface area (Å²) in [5.41, 5.74) is 6.62. The number of carboxylic acid groups (broad SMARTS) is 1. The zero-order valence-corrected chi connectivity index (χ0v) is 18.5.